The number of benzene rings is 1. The van der Waals surface area contributed by atoms with Crippen LogP contribution >= 0.6 is 11.8 Å². The van der Waals surface area contributed by atoms with Gasteiger partial charge < -0.3 is 4.74 Å². The topological polar surface area (TPSA) is 104 Å². The number of hydrogen-bond acceptors (Lipinski definition) is 8. The van der Waals surface area contributed by atoms with Crippen LogP contribution in [0.25, 0.3) is 33.4 Å². The largest absolute Gasteiger partial charge is 0.465 e. The van der Waals surface area contributed by atoms with Gasteiger partial charge in [-0.15, -0.1) is 0 Å². The molecule has 10 heteroatoms. The van der Waals surface area contributed by atoms with Crippen LogP contribution < -0.4 is 5.56 Å². The molecule has 0 amide bonds. The Morgan fingerprint density at radius 3 is 2.70 bits per heavy atom. The van der Waals surface area contributed by atoms with Crippen LogP contribution in [0, 0.1) is 0 Å². The van der Waals surface area contributed by atoms with E-state index in [1.165, 1.54) is 29.6 Å². The fourth-order valence-electron chi connectivity index (χ4n) is 3.36. The summed E-state index contributed by atoms with van der Waals surface area (Å²) < 4.78 is 7.91. The lowest BCUT2D eigenvalue weighted by molar-refractivity contribution is 0.0601. The predicted octanol–water partition coefficient (Wildman–Crippen LogP) is 2.49. The predicted molar refractivity (Wildman–Crippen MR) is 112 cm³/mol. The molecule has 4 heterocycles. The standard InChI is InChI=1S/C20H14N6O3S/c1-29-19(28)11-6-7-12-14(9-11)25(15-5-3-4-8-21-15)26-17(12)23-16-13(18(26)27)10-22-20(24-16)30-2/h3-10H,1-2H3. The number of carbonyl (C=O) groups excluding carboxylic acids is 1. The molecule has 0 radical (unpaired) electrons. The quantitative estimate of drug-likeness (QED) is 0.250. The third-order valence-electron chi connectivity index (χ3n) is 4.72. The maximum absolute atomic E-state index is 13.4. The van der Waals surface area contributed by atoms with Crippen LogP contribution in [-0.4, -0.2) is 48.5 Å². The number of carbonyl (C=O) groups is 1. The lowest BCUT2D eigenvalue weighted by Crippen LogP contribution is -2.22. The molecule has 9 nitrogen and oxygen atoms in total. The lowest BCUT2D eigenvalue weighted by atomic mass is 10.1. The van der Waals surface area contributed by atoms with Gasteiger partial charge in [-0.2, -0.15) is 4.52 Å². The Bertz CT molecular complexity index is 1510. The van der Waals surface area contributed by atoms with Crippen LogP contribution in [0.2, 0.25) is 0 Å². The van der Waals surface area contributed by atoms with Crippen molar-refractivity contribution in [3.63, 3.8) is 0 Å². The van der Waals surface area contributed by atoms with E-state index >= 15 is 0 Å². The first-order valence-electron chi connectivity index (χ1n) is 8.90. The van der Waals surface area contributed by atoms with Gasteiger partial charge in [0.1, 0.15) is 5.39 Å². The van der Waals surface area contributed by atoms with Crippen molar-refractivity contribution in [1.82, 2.24) is 29.1 Å². The summed E-state index contributed by atoms with van der Waals surface area (Å²) in [4.78, 5) is 43.1. The third kappa shape index (κ3) is 2.65. The summed E-state index contributed by atoms with van der Waals surface area (Å²) in [6.45, 7) is 0. The molecule has 30 heavy (non-hydrogen) atoms. The first-order valence-corrected chi connectivity index (χ1v) is 10.1. The van der Waals surface area contributed by atoms with E-state index in [1.54, 1.807) is 41.2 Å². The molecular weight excluding hydrogens is 404 g/mol. The normalized spacial score (nSPS) is 11.4. The number of esters is 1. The molecule has 0 aliphatic rings. The first-order chi connectivity index (χ1) is 14.6. The molecule has 0 N–H and O–H groups in total. The van der Waals surface area contributed by atoms with Crippen LogP contribution in [0.4, 0.5) is 0 Å². The van der Waals surface area contributed by atoms with Crippen molar-refractivity contribution in [2.75, 3.05) is 13.4 Å². The average Bonchev–Trinajstić information content (AvgIpc) is 3.12. The molecule has 5 rings (SSSR count). The van der Waals surface area contributed by atoms with Gasteiger partial charge in [-0.05, 0) is 36.6 Å². The van der Waals surface area contributed by atoms with E-state index in [9.17, 15) is 9.59 Å². The van der Waals surface area contributed by atoms with E-state index in [1.807, 2.05) is 12.3 Å². The summed E-state index contributed by atoms with van der Waals surface area (Å²) in [6, 6.07) is 10.4. The summed E-state index contributed by atoms with van der Waals surface area (Å²) in [7, 11) is 1.32. The van der Waals surface area contributed by atoms with E-state index in [-0.39, 0.29) is 5.56 Å². The number of pyridine rings is 1. The Hall–Kier alpha value is -3.79. The lowest BCUT2D eigenvalue weighted by Gasteiger charge is -2.07. The second kappa shape index (κ2) is 6.92. The van der Waals surface area contributed by atoms with Crippen LogP contribution in [0.15, 0.2) is 58.7 Å². The van der Waals surface area contributed by atoms with Gasteiger partial charge in [0.25, 0.3) is 5.56 Å². The van der Waals surface area contributed by atoms with Gasteiger partial charge in [0.05, 0.1) is 18.2 Å². The SMILES string of the molecule is COC(=O)c1ccc2c(c1)n(-c1ccccn1)n1c(=O)c3cnc(SC)nc3nc21. The summed E-state index contributed by atoms with van der Waals surface area (Å²) in [5.41, 5.74) is 1.34. The van der Waals surface area contributed by atoms with E-state index in [0.717, 1.165) is 0 Å². The van der Waals surface area contributed by atoms with Crippen LogP contribution in [0.1, 0.15) is 10.4 Å². The van der Waals surface area contributed by atoms with Crippen LogP contribution in [0.5, 0.6) is 0 Å². The molecule has 0 aliphatic heterocycles. The molecular formula is C20H14N6O3S. The average molecular weight is 418 g/mol. The Morgan fingerprint density at radius 2 is 1.97 bits per heavy atom. The maximum atomic E-state index is 13.4. The fraction of sp³-hybridized carbons (Fsp3) is 0.100. The number of aromatic nitrogens is 6. The number of hydrogen-bond donors (Lipinski definition) is 0. The molecule has 0 spiro atoms. The Balaban J connectivity index is 1.99. The fourth-order valence-corrected chi connectivity index (χ4v) is 3.70. The first kappa shape index (κ1) is 18.3. The van der Waals surface area contributed by atoms with Gasteiger partial charge >= 0.3 is 5.97 Å². The molecule has 1 aromatic carbocycles. The molecule has 0 saturated carbocycles. The summed E-state index contributed by atoms with van der Waals surface area (Å²) in [6.07, 6.45) is 4.97. The zero-order valence-electron chi connectivity index (χ0n) is 15.9. The monoisotopic (exact) mass is 418 g/mol. The van der Waals surface area contributed by atoms with E-state index in [2.05, 4.69) is 19.9 Å². The highest BCUT2D eigenvalue weighted by Gasteiger charge is 2.20. The van der Waals surface area contributed by atoms with Crippen LogP contribution in [-0.2, 0) is 4.74 Å². The second-order valence-electron chi connectivity index (χ2n) is 6.37. The number of nitrogens with zero attached hydrogens (tertiary/aromatic N) is 6. The number of methoxy groups -OCH3 is 1. The molecule has 0 atom stereocenters. The van der Waals surface area contributed by atoms with Crippen molar-refractivity contribution in [1.29, 1.82) is 0 Å². The molecule has 148 valence electrons. The highest BCUT2D eigenvalue weighted by molar-refractivity contribution is 7.98. The Labute approximate surface area is 173 Å². The molecule has 0 bridgehead atoms. The van der Waals surface area contributed by atoms with Gasteiger partial charge in [0.2, 0.25) is 0 Å². The van der Waals surface area contributed by atoms with Crippen molar-refractivity contribution in [3.05, 3.63) is 64.7 Å². The van der Waals surface area contributed by atoms with Crippen molar-refractivity contribution >= 4 is 45.3 Å². The smallest absolute Gasteiger partial charge is 0.337 e. The minimum atomic E-state index is -0.476. The van der Waals surface area contributed by atoms with E-state index in [0.29, 0.717) is 44.1 Å². The second-order valence-corrected chi connectivity index (χ2v) is 7.14. The molecule has 0 fully saturated rings. The number of thioether (sulfide) groups is 1. The van der Waals surface area contributed by atoms with Gasteiger partial charge in [-0.1, -0.05) is 17.8 Å². The molecule has 5 aromatic rings. The summed E-state index contributed by atoms with van der Waals surface area (Å²) in [5, 5.41) is 1.50. The summed E-state index contributed by atoms with van der Waals surface area (Å²) >= 11 is 1.37. The van der Waals surface area contributed by atoms with Gasteiger partial charge in [-0.25, -0.2) is 29.4 Å². The van der Waals surface area contributed by atoms with Crippen molar-refractivity contribution in [3.8, 4) is 5.82 Å². The van der Waals surface area contributed by atoms with Crippen molar-refractivity contribution < 1.29 is 9.53 Å². The van der Waals surface area contributed by atoms with E-state index < -0.39 is 5.97 Å². The third-order valence-corrected chi connectivity index (χ3v) is 5.28. The Morgan fingerprint density at radius 1 is 1.10 bits per heavy atom. The highest BCUT2D eigenvalue weighted by Crippen LogP contribution is 2.26. The molecule has 0 aliphatic carbocycles. The minimum absolute atomic E-state index is 0.290. The van der Waals surface area contributed by atoms with Crippen molar-refractivity contribution in [2.24, 2.45) is 0 Å². The minimum Gasteiger partial charge on any atom is -0.465 e. The number of rotatable bonds is 3. The van der Waals surface area contributed by atoms with Gasteiger partial charge in [0, 0.05) is 17.8 Å². The van der Waals surface area contributed by atoms with E-state index in [4.69, 9.17) is 4.74 Å². The number of ether oxygens (including phenoxy) is 1. The highest BCUT2D eigenvalue weighted by atomic mass is 32.2. The maximum Gasteiger partial charge on any atom is 0.337 e. The molecule has 4 aromatic heterocycles. The zero-order chi connectivity index (χ0) is 20.8. The Kier molecular flexibility index (Phi) is 4.21. The van der Waals surface area contributed by atoms with Gasteiger partial charge in [0.15, 0.2) is 22.3 Å². The van der Waals surface area contributed by atoms with Gasteiger partial charge in [-0.3, -0.25) is 4.79 Å². The summed E-state index contributed by atoms with van der Waals surface area (Å²) in [5.74, 6) is 0.0279. The number of fused-ring (bicyclic) bond motifs is 4. The molecule has 0 saturated heterocycles. The molecule has 0 unspecified atom stereocenters. The van der Waals surface area contributed by atoms with Crippen molar-refractivity contribution in [2.45, 2.75) is 5.16 Å². The van der Waals surface area contributed by atoms with Crippen LogP contribution in [0.3, 0.4) is 0 Å². The zero-order valence-corrected chi connectivity index (χ0v) is 16.8.